The smallest absolute Gasteiger partial charge is 0.316 e. The van der Waals surface area contributed by atoms with Gasteiger partial charge in [-0.25, -0.2) is 0 Å². The molecular weight excluding hydrogens is 262 g/mol. The fourth-order valence-corrected chi connectivity index (χ4v) is 1.92. The first-order valence-corrected chi connectivity index (χ1v) is 6.30. The maximum absolute atomic E-state index is 11.1. The molecule has 0 saturated carbocycles. The van der Waals surface area contributed by atoms with E-state index < -0.39 is 0 Å². The highest BCUT2D eigenvalue weighted by Crippen LogP contribution is 2.16. The predicted molar refractivity (Wildman–Crippen MR) is 68.9 cm³/mol. The highest BCUT2D eigenvalue weighted by molar-refractivity contribution is 8.14. The van der Waals surface area contributed by atoms with E-state index in [-0.39, 0.29) is 11.7 Å². The Morgan fingerprint density at radius 2 is 2.12 bits per heavy atom. The summed E-state index contributed by atoms with van der Waals surface area (Å²) in [5.41, 5.74) is 0.700. The summed E-state index contributed by atoms with van der Waals surface area (Å²) in [4.78, 5) is 11.1. The molecule has 1 aromatic rings. The van der Waals surface area contributed by atoms with Crippen LogP contribution in [-0.2, 0) is 9.53 Å². The number of carbonyl (C=O) groups is 1. The van der Waals surface area contributed by atoms with E-state index in [1.54, 1.807) is 31.2 Å². The Balaban J connectivity index is 2.61. The number of nitrogens with zero attached hydrogens (tertiary/aromatic N) is 1. The van der Waals surface area contributed by atoms with E-state index in [0.29, 0.717) is 22.2 Å². The van der Waals surface area contributed by atoms with Gasteiger partial charge in [-0.15, -0.1) is 0 Å². The van der Waals surface area contributed by atoms with Crippen molar-refractivity contribution in [1.29, 1.82) is 0 Å². The molecule has 0 bridgehead atoms. The molecule has 0 amide bonds. The normalized spacial score (nSPS) is 11.3. The summed E-state index contributed by atoms with van der Waals surface area (Å²) in [7, 11) is 0. The molecule has 92 valence electrons. The average molecular weight is 274 g/mol. The van der Waals surface area contributed by atoms with E-state index in [1.165, 1.54) is 0 Å². The van der Waals surface area contributed by atoms with Gasteiger partial charge >= 0.3 is 5.97 Å². The lowest BCUT2D eigenvalue weighted by Gasteiger charge is -2.04. The van der Waals surface area contributed by atoms with Crippen molar-refractivity contribution in [3.63, 3.8) is 0 Å². The van der Waals surface area contributed by atoms with Gasteiger partial charge in [0.25, 0.3) is 0 Å². The van der Waals surface area contributed by atoms with Crippen LogP contribution in [0.5, 0.6) is 0 Å². The summed E-state index contributed by atoms with van der Waals surface area (Å²) < 4.78 is 4.77. The highest BCUT2D eigenvalue weighted by Gasteiger charge is 2.09. The topological polar surface area (TPSA) is 58.9 Å². The fourth-order valence-electron chi connectivity index (χ4n) is 1.09. The van der Waals surface area contributed by atoms with E-state index in [1.807, 2.05) is 0 Å². The molecule has 0 saturated heterocycles. The average Bonchev–Trinajstić information content (AvgIpc) is 2.32. The van der Waals surface area contributed by atoms with Crippen LogP contribution in [0.2, 0.25) is 5.02 Å². The SMILES string of the molecule is CCOC(=O)CS/C(=N/O)c1ccc(Cl)cc1. The number of esters is 1. The second kappa shape index (κ2) is 7.19. The molecule has 0 unspecified atom stereocenters. The zero-order valence-corrected chi connectivity index (χ0v) is 10.8. The molecule has 0 heterocycles. The quantitative estimate of drug-likeness (QED) is 0.301. The number of thioether (sulfide) groups is 1. The third kappa shape index (κ3) is 4.66. The molecule has 1 N–H and O–H groups in total. The van der Waals surface area contributed by atoms with Crippen molar-refractivity contribution in [2.24, 2.45) is 5.16 Å². The summed E-state index contributed by atoms with van der Waals surface area (Å²) in [6.45, 7) is 2.08. The molecule has 4 nitrogen and oxygen atoms in total. The first kappa shape index (κ1) is 13.9. The summed E-state index contributed by atoms with van der Waals surface area (Å²) in [6, 6.07) is 6.81. The van der Waals surface area contributed by atoms with Crippen molar-refractivity contribution >= 4 is 34.4 Å². The Labute approximate surface area is 109 Å². The van der Waals surface area contributed by atoms with Crippen LogP contribution in [0.25, 0.3) is 0 Å². The summed E-state index contributed by atoms with van der Waals surface area (Å²) in [6.07, 6.45) is 0. The second-order valence-corrected chi connectivity index (χ2v) is 4.41. The van der Waals surface area contributed by atoms with Gasteiger partial charge in [0.05, 0.1) is 12.4 Å². The third-order valence-corrected chi connectivity index (χ3v) is 3.04. The van der Waals surface area contributed by atoms with Gasteiger partial charge in [0.15, 0.2) is 0 Å². The minimum atomic E-state index is -0.340. The van der Waals surface area contributed by atoms with Crippen molar-refractivity contribution in [2.45, 2.75) is 6.92 Å². The minimum absolute atomic E-state index is 0.107. The molecule has 1 rings (SSSR count). The van der Waals surface area contributed by atoms with Gasteiger partial charge in [-0.2, -0.15) is 0 Å². The summed E-state index contributed by atoms with van der Waals surface area (Å²) >= 11 is 6.86. The van der Waals surface area contributed by atoms with Crippen LogP contribution >= 0.6 is 23.4 Å². The first-order valence-electron chi connectivity index (χ1n) is 4.93. The van der Waals surface area contributed by atoms with Crippen LogP contribution in [0.15, 0.2) is 29.4 Å². The van der Waals surface area contributed by atoms with E-state index >= 15 is 0 Å². The van der Waals surface area contributed by atoms with E-state index in [2.05, 4.69) is 5.16 Å². The zero-order valence-electron chi connectivity index (χ0n) is 9.22. The molecule has 1 aromatic carbocycles. The predicted octanol–water partition coefficient (Wildman–Crippen LogP) is 2.77. The van der Waals surface area contributed by atoms with Crippen LogP contribution < -0.4 is 0 Å². The number of rotatable bonds is 4. The van der Waals surface area contributed by atoms with E-state index in [0.717, 1.165) is 11.8 Å². The lowest BCUT2D eigenvalue weighted by molar-refractivity contribution is -0.139. The Morgan fingerprint density at radius 3 is 2.65 bits per heavy atom. The van der Waals surface area contributed by atoms with Gasteiger partial charge in [0.2, 0.25) is 0 Å². The Hall–Kier alpha value is -1.20. The largest absolute Gasteiger partial charge is 0.465 e. The number of hydrogen-bond acceptors (Lipinski definition) is 5. The number of halogens is 1. The molecule has 6 heteroatoms. The van der Waals surface area contributed by atoms with Gasteiger partial charge in [0.1, 0.15) is 5.04 Å². The number of hydrogen-bond donors (Lipinski definition) is 1. The van der Waals surface area contributed by atoms with Crippen LogP contribution in [0.3, 0.4) is 0 Å². The molecule has 0 fully saturated rings. The van der Waals surface area contributed by atoms with Crippen molar-refractivity contribution in [1.82, 2.24) is 0 Å². The first-order chi connectivity index (χ1) is 8.17. The molecule has 0 aliphatic heterocycles. The highest BCUT2D eigenvalue weighted by atomic mass is 35.5. The zero-order chi connectivity index (χ0) is 12.7. The van der Waals surface area contributed by atoms with Crippen LogP contribution in [-0.4, -0.2) is 28.6 Å². The Morgan fingerprint density at radius 1 is 1.47 bits per heavy atom. The number of ether oxygens (including phenoxy) is 1. The van der Waals surface area contributed by atoms with Crippen molar-refractivity contribution in [3.05, 3.63) is 34.9 Å². The lowest BCUT2D eigenvalue weighted by Crippen LogP contribution is -2.09. The van der Waals surface area contributed by atoms with Crippen LogP contribution in [0.1, 0.15) is 12.5 Å². The molecule has 17 heavy (non-hydrogen) atoms. The molecule has 0 atom stereocenters. The molecular formula is C11H12ClNO3S. The lowest BCUT2D eigenvalue weighted by atomic mass is 10.2. The Bertz CT molecular complexity index is 406. The number of benzene rings is 1. The maximum Gasteiger partial charge on any atom is 0.316 e. The summed E-state index contributed by atoms with van der Waals surface area (Å²) in [5.74, 6) is -0.233. The third-order valence-electron chi connectivity index (χ3n) is 1.81. The van der Waals surface area contributed by atoms with Gasteiger partial charge in [-0.3, -0.25) is 4.79 Å². The maximum atomic E-state index is 11.1. The monoisotopic (exact) mass is 273 g/mol. The number of carbonyl (C=O) groups excluding carboxylic acids is 1. The molecule has 0 spiro atoms. The molecule has 0 aromatic heterocycles. The van der Waals surface area contributed by atoms with Crippen LogP contribution in [0.4, 0.5) is 0 Å². The van der Waals surface area contributed by atoms with E-state index in [9.17, 15) is 4.79 Å². The van der Waals surface area contributed by atoms with E-state index in [4.69, 9.17) is 21.5 Å². The molecule has 0 aliphatic rings. The van der Waals surface area contributed by atoms with Crippen molar-refractivity contribution in [2.75, 3.05) is 12.4 Å². The van der Waals surface area contributed by atoms with Gasteiger partial charge in [0, 0.05) is 10.6 Å². The van der Waals surface area contributed by atoms with Crippen LogP contribution in [0, 0.1) is 0 Å². The van der Waals surface area contributed by atoms with Gasteiger partial charge < -0.3 is 9.94 Å². The van der Waals surface area contributed by atoms with Gasteiger partial charge in [-0.05, 0) is 19.1 Å². The number of oxime groups is 1. The molecule has 0 radical (unpaired) electrons. The second-order valence-electron chi connectivity index (χ2n) is 3.01. The fraction of sp³-hybridized carbons (Fsp3) is 0.273. The minimum Gasteiger partial charge on any atom is -0.465 e. The molecule has 0 aliphatic carbocycles. The Kier molecular flexibility index (Phi) is 5.86. The van der Waals surface area contributed by atoms with Crippen molar-refractivity contribution < 1.29 is 14.7 Å². The standard InChI is InChI=1S/C11H12ClNO3S/c1-2-16-10(14)7-17-11(13-15)8-3-5-9(12)6-4-8/h3-6,15H,2,7H2,1H3/b13-11+. The summed E-state index contributed by atoms with van der Waals surface area (Å²) in [5, 5.41) is 13.0. The van der Waals surface area contributed by atoms with Gasteiger partial charge in [-0.1, -0.05) is 40.7 Å². The van der Waals surface area contributed by atoms with Crippen molar-refractivity contribution in [3.8, 4) is 0 Å².